The lowest BCUT2D eigenvalue weighted by Gasteiger charge is -2.24. The first-order valence-corrected chi connectivity index (χ1v) is 11.6. The second kappa shape index (κ2) is 8.60. The highest BCUT2D eigenvalue weighted by atomic mass is 79.9. The van der Waals surface area contributed by atoms with Gasteiger partial charge in [-0.2, -0.15) is 0 Å². The highest BCUT2D eigenvalue weighted by molar-refractivity contribution is 9.10. The molecule has 3 aromatic rings. The van der Waals surface area contributed by atoms with Crippen LogP contribution >= 0.6 is 15.9 Å². The predicted molar refractivity (Wildman–Crippen MR) is 121 cm³/mol. The van der Waals surface area contributed by atoms with Crippen LogP contribution in [0.25, 0.3) is 0 Å². The van der Waals surface area contributed by atoms with Crippen molar-refractivity contribution in [3.8, 4) is 11.5 Å². The van der Waals surface area contributed by atoms with Gasteiger partial charge in [0.25, 0.3) is 10.0 Å². The molecule has 4 rings (SSSR count). The third-order valence-corrected chi connectivity index (χ3v) is 6.98. The van der Waals surface area contributed by atoms with Crippen LogP contribution in [0.2, 0.25) is 0 Å². The zero-order valence-electron chi connectivity index (χ0n) is 16.5. The van der Waals surface area contributed by atoms with Crippen LogP contribution in [0.5, 0.6) is 11.5 Å². The molecule has 160 valence electrons. The van der Waals surface area contributed by atoms with E-state index >= 15 is 0 Å². The lowest BCUT2D eigenvalue weighted by Crippen LogP contribution is -2.38. The average molecular weight is 503 g/mol. The number of carbonyl (C=O) groups excluding carboxylic acids is 1. The molecule has 0 aromatic heterocycles. The normalized spacial score (nSPS) is 12.5. The summed E-state index contributed by atoms with van der Waals surface area (Å²) < 4.78 is 39.2. The molecule has 1 N–H and O–H groups in total. The van der Waals surface area contributed by atoms with Crippen LogP contribution in [0.1, 0.15) is 5.56 Å². The predicted octanol–water partition coefficient (Wildman–Crippen LogP) is 4.32. The molecular formula is C22H19BrN2O5S. The van der Waals surface area contributed by atoms with Crippen molar-refractivity contribution in [2.75, 3.05) is 23.0 Å². The van der Waals surface area contributed by atoms with Gasteiger partial charge < -0.3 is 14.8 Å². The van der Waals surface area contributed by atoms with Gasteiger partial charge in [-0.3, -0.25) is 9.10 Å². The number of hydrogen-bond donors (Lipinski definition) is 1. The molecule has 31 heavy (non-hydrogen) atoms. The molecule has 1 aliphatic heterocycles. The van der Waals surface area contributed by atoms with E-state index in [1.165, 1.54) is 12.1 Å². The molecule has 0 saturated heterocycles. The summed E-state index contributed by atoms with van der Waals surface area (Å²) in [5, 5.41) is 2.73. The van der Waals surface area contributed by atoms with Gasteiger partial charge >= 0.3 is 0 Å². The number of sulfonamides is 1. The Hall–Kier alpha value is -3.04. The largest absolute Gasteiger partial charge is 0.454 e. The standard InChI is InChI=1S/C22H19BrN2O5S/c1-15-2-9-19(10-3-15)31(27,28)25(18-7-4-16(23)5-8-18)13-22(26)24-17-6-11-20-21(12-17)30-14-29-20/h2-12H,13-14H2,1H3,(H,24,26). The number of benzene rings is 3. The van der Waals surface area contributed by atoms with E-state index < -0.39 is 22.5 Å². The summed E-state index contributed by atoms with van der Waals surface area (Å²) in [7, 11) is -3.97. The average Bonchev–Trinajstić information content (AvgIpc) is 3.21. The van der Waals surface area contributed by atoms with Gasteiger partial charge in [0.15, 0.2) is 11.5 Å². The topological polar surface area (TPSA) is 84.9 Å². The van der Waals surface area contributed by atoms with E-state index in [4.69, 9.17) is 9.47 Å². The number of nitrogens with zero attached hydrogens (tertiary/aromatic N) is 1. The van der Waals surface area contributed by atoms with Crippen molar-refractivity contribution in [3.05, 3.63) is 76.8 Å². The molecule has 1 heterocycles. The number of carbonyl (C=O) groups is 1. The summed E-state index contributed by atoms with van der Waals surface area (Å²) in [6, 6.07) is 18.2. The Morgan fingerprint density at radius 2 is 1.68 bits per heavy atom. The highest BCUT2D eigenvalue weighted by Gasteiger charge is 2.27. The van der Waals surface area contributed by atoms with Crippen LogP contribution in [-0.2, 0) is 14.8 Å². The van der Waals surface area contributed by atoms with E-state index in [1.54, 1.807) is 54.6 Å². The Bertz CT molecular complexity index is 1210. The summed E-state index contributed by atoms with van der Waals surface area (Å²) in [4.78, 5) is 12.9. The summed E-state index contributed by atoms with van der Waals surface area (Å²) in [5.41, 5.74) is 1.80. The minimum Gasteiger partial charge on any atom is -0.454 e. The maximum atomic E-state index is 13.4. The second-order valence-electron chi connectivity index (χ2n) is 6.92. The van der Waals surface area contributed by atoms with Crippen molar-refractivity contribution in [3.63, 3.8) is 0 Å². The summed E-state index contributed by atoms with van der Waals surface area (Å²) >= 11 is 3.35. The quantitative estimate of drug-likeness (QED) is 0.542. The summed E-state index contributed by atoms with van der Waals surface area (Å²) in [6.07, 6.45) is 0. The Morgan fingerprint density at radius 3 is 2.39 bits per heavy atom. The summed E-state index contributed by atoms with van der Waals surface area (Å²) in [6.45, 7) is 1.60. The molecule has 0 saturated carbocycles. The van der Waals surface area contributed by atoms with Gasteiger partial charge in [0.1, 0.15) is 6.54 Å². The number of anilines is 2. The number of amides is 1. The minimum absolute atomic E-state index is 0.108. The fourth-order valence-corrected chi connectivity index (χ4v) is 4.75. The van der Waals surface area contributed by atoms with E-state index in [0.29, 0.717) is 22.9 Å². The number of rotatable bonds is 6. The molecule has 0 bridgehead atoms. The molecule has 0 unspecified atom stereocenters. The van der Waals surface area contributed by atoms with Gasteiger partial charge in [-0.25, -0.2) is 8.42 Å². The molecule has 9 heteroatoms. The molecule has 7 nitrogen and oxygen atoms in total. The van der Waals surface area contributed by atoms with Crippen LogP contribution < -0.4 is 19.1 Å². The maximum absolute atomic E-state index is 13.4. The molecule has 0 spiro atoms. The SMILES string of the molecule is Cc1ccc(S(=O)(=O)N(CC(=O)Nc2ccc3c(c2)OCO3)c2ccc(Br)cc2)cc1. The number of halogens is 1. The van der Waals surface area contributed by atoms with Crippen molar-refractivity contribution < 1.29 is 22.7 Å². The van der Waals surface area contributed by atoms with Gasteiger partial charge in [-0.1, -0.05) is 33.6 Å². The number of aryl methyl sites for hydroxylation is 1. The van der Waals surface area contributed by atoms with Crippen LogP contribution in [0.4, 0.5) is 11.4 Å². The van der Waals surface area contributed by atoms with E-state index in [-0.39, 0.29) is 11.7 Å². The zero-order chi connectivity index (χ0) is 22.0. The first-order chi connectivity index (χ1) is 14.8. The third-order valence-electron chi connectivity index (χ3n) is 4.67. The molecular weight excluding hydrogens is 484 g/mol. The van der Waals surface area contributed by atoms with Crippen molar-refractivity contribution >= 4 is 43.2 Å². The van der Waals surface area contributed by atoms with Crippen molar-refractivity contribution in [1.29, 1.82) is 0 Å². The Morgan fingerprint density at radius 1 is 1.00 bits per heavy atom. The zero-order valence-corrected chi connectivity index (χ0v) is 18.9. The van der Waals surface area contributed by atoms with Crippen LogP contribution in [0.3, 0.4) is 0 Å². The first-order valence-electron chi connectivity index (χ1n) is 9.37. The minimum atomic E-state index is -3.97. The van der Waals surface area contributed by atoms with Gasteiger partial charge in [0.2, 0.25) is 12.7 Å². The Kier molecular flexibility index (Phi) is 5.88. The van der Waals surface area contributed by atoms with Gasteiger partial charge in [-0.15, -0.1) is 0 Å². The number of nitrogens with one attached hydrogen (secondary N) is 1. The molecule has 1 aliphatic rings. The molecule has 0 aliphatic carbocycles. The first kappa shape index (κ1) is 21.2. The van der Waals surface area contributed by atoms with Gasteiger partial charge in [-0.05, 0) is 55.5 Å². The van der Waals surface area contributed by atoms with Gasteiger partial charge in [0, 0.05) is 16.2 Å². The maximum Gasteiger partial charge on any atom is 0.264 e. The monoisotopic (exact) mass is 502 g/mol. The summed E-state index contributed by atoms with van der Waals surface area (Å²) in [5.74, 6) is 0.628. The van der Waals surface area contributed by atoms with E-state index in [9.17, 15) is 13.2 Å². The number of fused-ring (bicyclic) bond motifs is 1. The van der Waals surface area contributed by atoms with E-state index in [2.05, 4.69) is 21.2 Å². The smallest absolute Gasteiger partial charge is 0.264 e. The number of ether oxygens (including phenoxy) is 2. The third kappa shape index (κ3) is 4.67. The van der Waals surface area contributed by atoms with Crippen molar-refractivity contribution in [2.45, 2.75) is 11.8 Å². The lowest BCUT2D eigenvalue weighted by atomic mass is 10.2. The molecule has 0 atom stereocenters. The molecule has 0 radical (unpaired) electrons. The lowest BCUT2D eigenvalue weighted by molar-refractivity contribution is -0.114. The molecule has 1 amide bonds. The fraction of sp³-hybridized carbons (Fsp3) is 0.136. The van der Waals surface area contributed by atoms with E-state index in [1.807, 2.05) is 6.92 Å². The van der Waals surface area contributed by atoms with Crippen LogP contribution in [0.15, 0.2) is 76.1 Å². The van der Waals surface area contributed by atoms with Gasteiger partial charge in [0.05, 0.1) is 10.6 Å². The van der Waals surface area contributed by atoms with Crippen molar-refractivity contribution in [2.24, 2.45) is 0 Å². The van der Waals surface area contributed by atoms with Crippen LogP contribution in [-0.4, -0.2) is 27.7 Å². The van der Waals surface area contributed by atoms with E-state index in [0.717, 1.165) is 14.3 Å². The van der Waals surface area contributed by atoms with Crippen LogP contribution in [0, 0.1) is 6.92 Å². The Labute approximate surface area is 188 Å². The van der Waals surface area contributed by atoms with Crippen molar-refractivity contribution in [1.82, 2.24) is 0 Å². The molecule has 0 fully saturated rings. The second-order valence-corrected chi connectivity index (χ2v) is 9.70. The molecule has 3 aromatic carbocycles. The fourth-order valence-electron chi connectivity index (χ4n) is 3.07. The number of hydrogen-bond acceptors (Lipinski definition) is 5. The highest BCUT2D eigenvalue weighted by Crippen LogP contribution is 2.34. The Balaban J connectivity index is 1.62.